The van der Waals surface area contributed by atoms with Crippen LogP contribution in [-0.4, -0.2) is 24.3 Å². The van der Waals surface area contributed by atoms with Crippen LogP contribution in [0, 0.1) is 11.8 Å². The van der Waals surface area contributed by atoms with Gasteiger partial charge in [0, 0.05) is 11.8 Å². The van der Waals surface area contributed by atoms with Crippen molar-refractivity contribution in [2.45, 2.75) is 6.42 Å². The van der Waals surface area contributed by atoms with Gasteiger partial charge in [0.1, 0.15) is 12.0 Å². The van der Waals surface area contributed by atoms with Gasteiger partial charge in [-0.05, 0) is 12.1 Å². The van der Waals surface area contributed by atoms with E-state index in [2.05, 4.69) is 21.6 Å². The molecule has 76 valence electrons. The fraction of sp³-hybridized carbons (Fsp3) is 0.182. The molecule has 0 saturated carbocycles. The average molecular weight is 203 g/mol. The lowest BCUT2D eigenvalue weighted by molar-refractivity contribution is -0.107. The number of pyridine rings is 1. The Balaban J connectivity index is 2.77. The molecule has 0 bridgehead atoms. The Morgan fingerprint density at radius 3 is 2.93 bits per heavy atom. The molecule has 0 radical (unpaired) electrons. The smallest absolute Gasteiger partial charge is 0.356 e. The standard InChI is InChI=1S/C11H9NO3/c1-15-11(14)10-6-5-9(8-12-10)4-2-3-7-13/h5-8H,3H2,1H3. The molecule has 0 aliphatic carbocycles. The zero-order valence-electron chi connectivity index (χ0n) is 8.19. The van der Waals surface area contributed by atoms with Gasteiger partial charge in [-0.15, -0.1) is 0 Å². The quantitative estimate of drug-likeness (QED) is 0.405. The van der Waals surface area contributed by atoms with Crippen molar-refractivity contribution in [1.82, 2.24) is 4.98 Å². The minimum absolute atomic E-state index is 0.193. The van der Waals surface area contributed by atoms with Crippen LogP contribution < -0.4 is 0 Å². The van der Waals surface area contributed by atoms with E-state index < -0.39 is 5.97 Å². The maximum Gasteiger partial charge on any atom is 0.356 e. The third-order valence-electron chi connectivity index (χ3n) is 1.58. The van der Waals surface area contributed by atoms with Gasteiger partial charge in [-0.25, -0.2) is 9.78 Å². The predicted molar refractivity (Wildman–Crippen MR) is 53.1 cm³/mol. The molecule has 0 saturated heterocycles. The molecule has 0 N–H and O–H groups in total. The molecule has 0 unspecified atom stereocenters. The number of hydrogen-bond acceptors (Lipinski definition) is 4. The van der Waals surface area contributed by atoms with Gasteiger partial charge in [0.25, 0.3) is 0 Å². The average Bonchev–Trinajstić information content (AvgIpc) is 2.29. The summed E-state index contributed by atoms with van der Waals surface area (Å²) < 4.78 is 4.49. The second-order valence-electron chi connectivity index (χ2n) is 2.60. The third kappa shape index (κ3) is 3.24. The SMILES string of the molecule is COC(=O)c1ccc(C#CCC=O)cn1. The van der Waals surface area contributed by atoms with Crippen molar-refractivity contribution in [3.63, 3.8) is 0 Å². The monoisotopic (exact) mass is 203 g/mol. The zero-order chi connectivity index (χ0) is 11.1. The fourth-order valence-electron chi connectivity index (χ4n) is 0.888. The van der Waals surface area contributed by atoms with Crippen LogP contribution in [0.1, 0.15) is 22.5 Å². The lowest BCUT2D eigenvalue weighted by Gasteiger charge is -1.96. The van der Waals surface area contributed by atoms with E-state index in [9.17, 15) is 9.59 Å². The molecule has 0 aliphatic heterocycles. The van der Waals surface area contributed by atoms with Crippen molar-refractivity contribution >= 4 is 12.3 Å². The molecule has 0 aliphatic rings. The second kappa shape index (κ2) is 5.55. The minimum atomic E-state index is -0.484. The topological polar surface area (TPSA) is 56.3 Å². The summed E-state index contributed by atoms with van der Waals surface area (Å²) in [5.74, 6) is 4.89. The molecule has 4 heteroatoms. The molecular weight excluding hydrogens is 194 g/mol. The Labute approximate surface area is 87.3 Å². The van der Waals surface area contributed by atoms with Crippen molar-refractivity contribution in [3.8, 4) is 11.8 Å². The Bertz CT molecular complexity index is 412. The number of carbonyl (C=O) groups excluding carboxylic acids is 2. The van der Waals surface area contributed by atoms with Gasteiger partial charge in [0.2, 0.25) is 0 Å². The van der Waals surface area contributed by atoms with Crippen LogP contribution in [0.3, 0.4) is 0 Å². The van der Waals surface area contributed by atoms with Crippen LogP contribution in [0.25, 0.3) is 0 Å². The van der Waals surface area contributed by atoms with Crippen molar-refractivity contribution in [2.75, 3.05) is 7.11 Å². The number of carbonyl (C=O) groups is 2. The van der Waals surface area contributed by atoms with Gasteiger partial charge < -0.3 is 9.53 Å². The number of rotatable bonds is 2. The summed E-state index contributed by atoms with van der Waals surface area (Å²) >= 11 is 0. The highest BCUT2D eigenvalue weighted by Gasteiger charge is 2.04. The first kappa shape index (κ1) is 10.9. The third-order valence-corrected chi connectivity index (χ3v) is 1.58. The normalized spacial score (nSPS) is 8.60. The lowest BCUT2D eigenvalue weighted by Crippen LogP contribution is -2.03. The minimum Gasteiger partial charge on any atom is -0.464 e. The lowest BCUT2D eigenvalue weighted by atomic mass is 10.2. The number of esters is 1. The highest BCUT2D eigenvalue weighted by atomic mass is 16.5. The first-order valence-electron chi connectivity index (χ1n) is 4.25. The summed E-state index contributed by atoms with van der Waals surface area (Å²) in [4.78, 5) is 24.9. The highest BCUT2D eigenvalue weighted by Crippen LogP contribution is 2.00. The molecule has 1 aromatic rings. The molecule has 0 spiro atoms. The molecule has 1 aromatic heterocycles. The fourth-order valence-corrected chi connectivity index (χ4v) is 0.888. The van der Waals surface area contributed by atoms with Crippen LogP contribution >= 0.6 is 0 Å². The van der Waals surface area contributed by atoms with Crippen molar-refractivity contribution in [2.24, 2.45) is 0 Å². The van der Waals surface area contributed by atoms with E-state index in [1.807, 2.05) is 0 Å². The number of aromatic nitrogens is 1. The van der Waals surface area contributed by atoms with Crippen LogP contribution in [0.15, 0.2) is 18.3 Å². The van der Waals surface area contributed by atoms with E-state index in [1.165, 1.54) is 19.4 Å². The van der Waals surface area contributed by atoms with E-state index in [4.69, 9.17) is 0 Å². The summed E-state index contributed by atoms with van der Waals surface area (Å²) in [6, 6.07) is 3.17. The second-order valence-corrected chi connectivity index (χ2v) is 2.60. The Hall–Kier alpha value is -2.15. The maximum absolute atomic E-state index is 11.0. The van der Waals surface area contributed by atoms with Crippen molar-refractivity contribution < 1.29 is 14.3 Å². The van der Waals surface area contributed by atoms with Crippen molar-refractivity contribution in [1.29, 1.82) is 0 Å². The Kier molecular flexibility index (Phi) is 4.05. The summed E-state index contributed by atoms with van der Waals surface area (Å²) in [6.07, 6.45) is 2.38. The number of nitrogens with zero attached hydrogens (tertiary/aromatic N) is 1. The number of ether oxygens (including phenoxy) is 1. The summed E-state index contributed by atoms with van der Waals surface area (Å²) in [7, 11) is 1.29. The summed E-state index contributed by atoms with van der Waals surface area (Å²) in [5, 5.41) is 0. The van der Waals surface area contributed by atoms with Crippen molar-refractivity contribution in [3.05, 3.63) is 29.6 Å². The number of hydrogen-bond donors (Lipinski definition) is 0. The molecule has 4 nitrogen and oxygen atoms in total. The molecule has 0 fully saturated rings. The van der Waals surface area contributed by atoms with Crippen LogP contribution in [0.2, 0.25) is 0 Å². The molecule has 0 atom stereocenters. The largest absolute Gasteiger partial charge is 0.464 e. The van der Waals surface area contributed by atoms with Crippen LogP contribution in [0.5, 0.6) is 0 Å². The van der Waals surface area contributed by atoms with Gasteiger partial charge >= 0.3 is 5.97 Å². The van der Waals surface area contributed by atoms with Gasteiger partial charge in [0.15, 0.2) is 0 Å². The zero-order valence-corrected chi connectivity index (χ0v) is 8.19. The Morgan fingerprint density at radius 2 is 2.40 bits per heavy atom. The number of methoxy groups -OCH3 is 1. The summed E-state index contributed by atoms with van der Waals surface area (Å²) in [5.41, 5.74) is 0.892. The van der Waals surface area contributed by atoms with E-state index >= 15 is 0 Å². The van der Waals surface area contributed by atoms with E-state index in [0.717, 1.165) is 6.29 Å². The van der Waals surface area contributed by atoms with E-state index in [0.29, 0.717) is 5.56 Å². The summed E-state index contributed by atoms with van der Waals surface area (Å²) in [6.45, 7) is 0. The molecule has 0 aromatic carbocycles. The van der Waals surface area contributed by atoms with Crippen LogP contribution in [-0.2, 0) is 9.53 Å². The highest BCUT2D eigenvalue weighted by molar-refractivity contribution is 5.87. The number of aldehydes is 1. The molecule has 1 heterocycles. The molecule has 0 amide bonds. The van der Waals surface area contributed by atoms with E-state index in [-0.39, 0.29) is 12.1 Å². The predicted octanol–water partition coefficient (Wildman–Crippen LogP) is 0.809. The Morgan fingerprint density at radius 1 is 1.60 bits per heavy atom. The molecule has 1 rings (SSSR count). The van der Waals surface area contributed by atoms with Crippen LogP contribution in [0.4, 0.5) is 0 Å². The first-order chi connectivity index (χ1) is 7.27. The molecular formula is C11H9NO3. The molecule has 15 heavy (non-hydrogen) atoms. The maximum atomic E-state index is 11.0. The van der Waals surface area contributed by atoms with Gasteiger partial charge in [-0.2, -0.15) is 0 Å². The first-order valence-corrected chi connectivity index (χ1v) is 4.25. The van der Waals surface area contributed by atoms with Gasteiger partial charge in [-0.1, -0.05) is 11.8 Å². The van der Waals surface area contributed by atoms with E-state index in [1.54, 1.807) is 6.07 Å². The van der Waals surface area contributed by atoms with Gasteiger partial charge in [0.05, 0.1) is 13.5 Å². The van der Waals surface area contributed by atoms with Gasteiger partial charge in [-0.3, -0.25) is 0 Å².